The van der Waals surface area contributed by atoms with Crippen molar-refractivity contribution in [3.63, 3.8) is 0 Å². The predicted octanol–water partition coefficient (Wildman–Crippen LogP) is 3.99. The van der Waals surface area contributed by atoms with Crippen LogP contribution in [0.3, 0.4) is 0 Å². The van der Waals surface area contributed by atoms with Gasteiger partial charge in [-0.2, -0.15) is 0 Å². The number of nitrogens with zero attached hydrogens (tertiary/aromatic N) is 4. The molecule has 1 unspecified atom stereocenters. The second-order valence-corrected chi connectivity index (χ2v) is 10.8. The van der Waals surface area contributed by atoms with Crippen molar-refractivity contribution in [3.8, 4) is 17.0 Å². The molecule has 212 valence electrons. The summed E-state index contributed by atoms with van der Waals surface area (Å²) >= 11 is 0. The molecule has 1 saturated carbocycles. The second-order valence-electron chi connectivity index (χ2n) is 10.8. The zero-order valence-corrected chi connectivity index (χ0v) is 22.7. The zero-order chi connectivity index (χ0) is 28.7. The Morgan fingerprint density at radius 1 is 1.17 bits per heavy atom. The largest absolute Gasteiger partial charge is 0.485 e. The molecule has 1 atom stereocenters. The van der Waals surface area contributed by atoms with Crippen LogP contribution in [-0.2, 0) is 17.8 Å². The smallest absolute Gasteiger partial charge is 0.258 e. The van der Waals surface area contributed by atoms with Gasteiger partial charge in [-0.3, -0.25) is 9.59 Å². The average molecular weight is 558 g/mol. The van der Waals surface area contributed by atoms with E-state index in [0.29, 0.717) is 36.6 Å². The maximum absolute atomic E-state index is 15.2. The highest BCUT2D eigenvalue weighted by Crippen LogP contribution is 2.42. The molecule has 3 heterocycles. The number of hydrogen-bond acceptors (Lipinski definition) is 7. The molecule has 0 spiro atoms. The zero-order valence-electron chi connectivity index (χ0n) is 22.7. The van der Waals surface area contributed by atoms with E-state index < -0.39 is 12.4 Å². The van der Waals surface area contributed by atoms with Crippen molar-refractivity contribution in [2.45, 2.75) is 50.7 Å². The van der Waals surface area contributed by atoms with Gasteiger partial charge in [0.05, 0.1) is 18.3 Å². The first-order valence-corrected chi connectivity index (χ1v) is 13.9. The number of amides is 2. The van der Waals surface area contributed by atoms with E-state index >= 15 is 4.39 Å². The number of halogens is 1. The minimum Gasteiger partial charge on any atom is -0.485 e. The molecule has 0 bridgehead atoms. The molecule has 2 aromatic carbocycles. The fourth-order valence-electron chi connectivity index (χ4n) is 5.97. The van der Waals surface area contributed by atoms with Gasteiger partial charge in [-0.1, -0.05) is 18.7 Å². The molecule has 6 rings (SSSR count). The Kier molecular flexibility index (Phi) is 7.17. The van der Waals surface area contributed by atoms with Crippen LogP contribution in [0.5, 0.6) is 5.75 Å². The highest BCUT2D eigenvalue weighted by Gasteiger charge is 2.32. The van der Waals surface area contributed by atoms with Gasteiger partial charge in [0, 0.05) is 29.8 Å². The van der Waals surface area contributed by atoms with E-state index in [2.05, 4.69) is 22.6 Å². The Morgan fingerprint density at radius 3 is 2.76 bits per heavy atom. The van der Waals surface area contributed by atoms with Crippen LogP contribution in [0.2, 0.25) is 0 Å². The molecule has 3 aromatic rings. The Hall–Kier alpha value is -4.31. The van der Waals surface area contributed by atoms with Crippen molar-refractivity contribution in [1.29, 1.82) is 0 Å². The Balaban J connectivity index is 1.34. The van der Waals surface area contributed by atoms with E-state index in [1.54, 1.807) is 4.90 Å². The van der Waals surface area contributed by atoms with Crippen LogP contribution in [0.1, 0.15) is 58.6 Å². The molecule has 2 amide bonds. The van der Waals surface area contributed by atoms with E-state index in [4.69, 9.17) is 10.5 Å². The third-order valence-electron chi connectivity index (χ3n) is 8.24. The van der Waals surface area contributed by atoms with Crippen LogP contribution < -0.4 is 15.4 Å². The highest BCUT2D eigenvalue weighted by atomic mass is 19.1. The Labute approximate surface area is 237 Å². The van der Waals surface area contributed by atoms with E-state index in [-0.39, 0.29) is 53.0 Å². The van der Waals surface area contributed by atoms with E-state index in [1.807, 2.05) is 12.1 Å². The lowest BCUT2D eigenvalue weighted by Gasteiger charge is -2.31. The number of hydrogen-bond donors (Lipinski definition) is 2. The normalized spacial score (nSPS) is 18.4. The van der Waals surface area contributed by atoms with Crippen LogP contribution in [0.15, 0.2) is 49.3 Å². The first-order valence-electron chi connectivity index (χ1n) is 13.9. The molecule has 10 heteroatoms. The second kappa shape index (κ2) is 10.9. The lowest BCUT2D eigenvalue weighted by molar-refractivity contribution is -0.127. The number of aliphatic hydroxyl groups is 1. The number of likely N-dealkylation sites (tertiary alicyclic amines) is 1. The number of nitrogen functional groups attached to an aromatic ring is 1. The molecule has 1 saturated heterocycles. The van der Waals surface area contributed by atoms with Crippen molar-refractivity contribution >= 4 is 23.3 Å². The quantitative estimate of drug-likeness (QED) is 0.402. The van der Waals surface area contributed by atoms with E-state index in [1.165, 1.54) is 47.8 Å². The lowest BCUT2D eigenvalue weighted by Crippen LogP contribution is -2.38. The van der Waals surface area contributed by atoms with Gasteiger partial charge in [-0.15, -0.1) is 0 Å². The summed E-state index contributed by atoms with van der Waals surface area (Å²) in [5.41, 5.74) is 10.1. The van der Waals surface area contributed by atoms with Gasteiger partial charge in [0.15, 0.2) is 11.6 Å². The van der Waals surface area contributed by atoms with Gasteiger partial charge in [0.1, 0.15) is 24.4 Å². The highest BCUT2D eigenvalue weighted by molar-refractivity contribution is 6.09. The number of ether oxygens (including phenoxy) is 1. The number of aromatic nitrogens is 2. The first-order chi connectivity index (χ1) is 19.9. The van der Waals surface area contributed by atoms with Crippen molar-refractivity contribution in [1.82, 2.24) is 14.9 Å². The van der Waals surface area contributed by atoms with Gasteiger partial charge >= 0.3 is 0 Å². The van der Waals surface area contributed by atoms with Gasteiger partial charge in [0.2, 0.25) is 5.91 Å². The molecule has 1 aliphatic carbocycles. The third-order valence-corrected chi connectivity index (χ3v) is 8.24. The van der Waals surface area contributed by atoms with E-state index in [0.717, 1.165) is 18.4 Å². The summed E-state index contributed by atoms with van der Waals surface area (Å²) in [7, 11) is 0. The third kappa shape index (κ3) is 5.04. The summed E-state index contributed by atoms with van der Waals surface area (Å²) in [5, 5.41) is 10.5. The van der Waals surface area contributed by atoms with Crippen molar-refractivity contribution in [3.05, 3.63) is 77.4 Å². The maximum atomic E-state index is 15.2. The van der Waals surface area contributed by atoms with Gasteiger partial charge in [-0.05, 0) is 73.4 Å². The number of nitrogens with two attached hydrogens (primary N) is 1. The summed E-state index contributed by atoms with van der Waals surface area (Å²) < 4.78 is 21.3. The number of carbonyl (C=O) groups is 2. The maximum Gasteiger partial charge on any atom is 0.258 e. The molecule has 3 aliphatic rings. The Morgan fingerprint density at radius 2 is 2.00 bits per heavy atom. The first kappa shape index (κ1) is 26.9. The van der Waals surface area contributed by atoms with E-state index in [9.17, 15) is 14.7 Å². The minimum atomic E-state index is -0.600. The average Bonchev–Trinajstić information content (AvgIpc) is 3.73. The van der Waals surface area contributed by atoms with Crippen LogP contribution in [-0.4, -0.2) is 57.5 Å². The number of fused-ring (bicyclic) bond motifs is 1. The molecule has 3 N–H and O–H groups in total. The standard InChI is InChI=1S/C31H32FN5O4/c1-2-27(39)36-10-3-4-22(36)16-41-29-28(34-17-35-30(29)33)24-13-21(32)14-26(25(24)15-38)37-11-9-20-12-19(18-5-6-18)7-8-23(20)31(37)40/h2,7-8,12-14,17-18,22,38H,1,3-6,9-11,15-16H2,(H2,33,34,35). The molecular weight excluding hydrogens is 525 g/mol. The monoisotopic (exact) mass is 557 g/mol. The number of benzene rings is 2. The topological polar surface area (TPSA) is 122 Å². The minimum absolute atomic E-state index is 0.0405. The molecule has 9 nitrogen and oxygen atoms in total. The summed E-state index contributed by atoms with van der Waals surface area (Å²) in [6.07, 6.45) is 7.07. The van der Waals surface area contributed by atoms with Crippen LogP contribution in [0.4, 0.5) is 15.9 Å². The number of aliphatic hydroxyl groups excluding tert-OH is 1. The van der Waals surface area contributed by atoms with Crippen LogP contribution in [0, 0.1) is 5.82 Å². The van der Waals surface area contributed by atoms with Crippen molar-refractivity contribution in [2.24, 2.45) is 0 Å². The summed E-state index contributed by atoms with van der Waals surface area (Å²) in [4.78, 5) is 37.5. The van der Waals surface area contributed by atoms with Crippen molar-refractivity contribution < 1.29 is 23.8 Å². The number of anilines is 2. The molecule has 41 heavy (non-hydrogen) atoms. The number of carbonyl (C=O) groups excluding carboxylic acids is 2. The summed E-state index contributed by atoms with van der Waals surface area (Å²) in [5.74, 6) is -0.278. The van der Waals surface area contributed by atoms with Gasteiger partial charge in [0.25, 0.3) is 5.91 Å². The fraction of sp³-hybridized carbons (Fsp3) is 0.355. The summed E-state index contributed by atoms with van der Waals surface area (Å²) in [6.45, 7) is 4.17. The van der Waals surface area contributed by atoms with Crippen LogP contribution >= 0.6 is 0 Å². The molecule has 1 aromatic heterocycles. The molecule has 2 fully saturated rings. The Bertz CT molecular complexity index is 1540. The molecule has 0 radical (unpaired) electrons. The van der Waals surface area contributed by atoms with Crippen LogP contribution in [0.25, 0.3) is 11.3 Å². The van der Waals surface area contributed by atoms with Gasteiger partial charge in [-0.25, -0.2) is 14.4 Å². The summed E-state index contributed by atoms with van der Waals surface area (Å²) in [6, 6.07) is 8.30. The molecular formula is C31H32FN5O4. The van der Waals surface area contributed by atoms with Crippen molar-refractivity contribution in [2.75, 3.05) is 30.3 Å². The number of rotatable bonds is 8. The predicted molar refractivity (Wildman–Crippen MR) is 152 cm³/mol. The fourth-order valence-corrected chi connectivity index (χ4v) is 5.97. The molecule has 2 aliphatic heterocycles. The lowest BCUT2D eigenvalue weighted by atomic mass is 9.93. The van der Waals surface area contributed by atoms with Gasteiger partial charge < -0.3 is 25.4 Å². The SMILES string of the molecule is C=CC(=O)N1CCCC1COc1c(N)ncnc1-c1cc(F)cc(N2CCc3cc(C4CC4)ccc3C2=O)c1CO.